The van der Waals surface area contributed by atoms with Gasteiger partial charge in [0.05, 0.1) is 11.7 Å². The maximum atomic E-state index is 13.3. The summed E-state index contributed by atoms with van der Waals surface area (Å²) in [5.41, 5.74) is 3.47. The van der Waals surface area contributed by atoms with Crippen molar-refractivity contribution in [3.8, 4) is 0 Å². The van der Waals surface area contributed by atoms with Crippen LogP contribution in [0.4, 0.5) is 0 Å². The Hall–Kier alpha value is -2.08. The summed E-state index contributed by atoms with van der Waals surface area (Å²) in [5.74, 6) is 0.0384. The topological polar surface area (TPSA) is 73.0 Å². The average Bonchev–Trinajstić information content (AvgIpc) is 3.30. The minimum Gasteiger partial charge on any atom is -0.389 e. The molecule has 0 aromatic carbocycles. The second kappa shape index (κ2) is 8.30. The van der Waals surface area contributed by atoms with E-state index in [-0.39, 0.29) is 11.4 Å². The van der Waals surface area contributed by atoms with E-state index in [0.29, 0.717) is 11.7 Å². The fourth-order valence-corrected chi connectivity index (χ4v) is 4.05. The third-order valence-electron chi connectivity index (χ3n) is 5.80. The van der Waals surface area contributed by atoms with Crippen LogP contribution in [0.5, 0.6) is 0 Å². The van der Waals surface area contributed by atoms with Crippen LogP contribution in [-0.2, 0) is 0 Å². The number of amides is 1. The molecule has 0 radical (unpaired) electrons. The van der Waals surface area contributed by atoms with Crippen molar-refractivity contribution in [1.82, 2.24) is 25.7 Å². The maximum Gasteiger partial charge on any atom is 0.275 e. The third kappa shape index (κ3) is 3.95. The standard InChI is InChI=1S/C21H33N5O/c1-5-8-10-22-15(4)13-16-17(9-6-2)24-25-19(16)20(27)26-12-11-23-21(7-3)14-18(21)26/h6,9,13,18,22-23H,5,7-8,10-12,14H2,1-4H3,(H,24,25)/b9-6-,15-13+. The van der Waals surface area contributed by atoms with Gasteiger partial charge in [-0.15, -0.1) is 0 Å². The number of hydrogen-bond acceptors (Lipinski definition) is 4. The van der Waals surface area contributed by atoms with Crippen LogP contribution < -0.4 is 10.6 Å². The highest BCUT2D eigenvalue weighted by Crippen LogP contribution is 2.45. The molecular formula is C21H33N5O. The van der Waals surface area contributed by atoms with Gasteiger partial charge < -0.3 is 15.5 Å². The van der Waals surface area contributed by atoms with Crippen LogP contribution in [0.3, 0.4) is 0 Å². The molecule has 6 nitrogen and oxygen atoms in total. The number of carbonyl (C=O) groups excluding carboxylic acids is 1. The number of hydrogen-bond donors (Lipinski definition) is 3. The predicted molar refractivity (Wildman–Crippen MR) is 110 cm³/mol. The van der Waals surface area contributed by atoms with E-state index in [4.69, 9.17) is 0 Å². The average molecular weight is 372 g/mol. The predicted octanol–water partition coefficient (Wildman–Crippen LogP) is 3.16. The van der Waals surface area contributed by atoms with Crippen molar-refractivity contribution < 1.29 is 4.79 Å². The van der Waals surface area contributed by atoms with Crippen molar-refractivity contribution in [2.45, 2.75) is 65.0 Å². The number of fused-ring (bicyclic) bond motifs is 1. The molecule has 6 heteroatoms. The first-order valence-corrected chi connectivity index (χ1v) is 10.3. The number of H-pyrrole nitrogens is 1. The van der Waals surface area contributed by atoms with Crippen molar-refractivity contribution in [3.63, 3.8) is 0 Å². The first kappa shape index (κ1) is 19.7. The van der Waals surface area contributed by atoms with Crippen LogP contribution in [0.15, 0.2) is 11.8 Å². The molecule has 0 spiro atoms. The molecular weight excluding hydrogens is 338 g/mol. The van der Waals surface area contributed by atoms with E-state index < -0.39 is 0 Å². The van der Waals surface area contributed by atoms with Gasteiger partial charge in [-0.3, -0.25) is 9.89 Å². The molecule has 1 saturated heterocycles. The number of nitrogens with zero attached hydrogens (tertiary/aromatic N) is 2. The molecule has 148 valence electrons. The molecule has 1 saturated carbocycles. The van der Waals surface area contributed by atoms with Gasteiger partial charge in [0.25, 0.3) is 5.91 Å². The summed E-state index contributed by atoms with van der Waals surface area (Å²) in [7, 11) is 0. The van der Waals surface area contributed by atoms with E-state index >= 15 is 0 Å². The summed E-state index contributed by atoms with van der Waals surface area (Å²) in [4.78, 5) is 15.3. The van der Waals surface area contributed by atoms with Crippen LogP contribution in [0.25, 0.3) is 12.2 Å². The first-order chi connectivity index (χ1) is 13.1. The second-order valence-electron chi connectivity index (χ2n) is 7.66. The van der Waals surface area contributed by atoms with E-state index in [0.717, 1.165) is 62.3 Å². The smallest absolute Gasteiger partial charge is 0.275 e. The first-order valence-electron chi connectivity index (χ1n) is 10.3. The molecule has 1 aliphatic heterocycles. The quantitative estimate of drug-likeness (QED) is 0.614. The highest BCUT2D eigenvalue weighted by atomic mass is 16.2. The molecule has 1 amide bonds. The third-order valence-corrected chi connectivity index (χ3v) is 5.80. The summed E-state index contributed by atoms with van der Waals surface area (Å²) in [6.07, 6.45) is 10.4. The zero-order valence-corrected chi connectivity index (χ0v) is 17.1. The van der Waals surface area contributed by atoms with Gasteiger partial charge in [0.2, 0.25) is 0 Å². The summed E-state index contributed by atoms with van der Waals surface area (Å²) >= 11 is 0. The molecule has 2 aliphatic rings. The summed E-state index contributed by atoms with van der Waals surface area (Å²) < 4.78 is 0. The van der Waals surface area contributed by atoms with Crippen LogP contribution in [0.2, 0.25) is 0 Å². The second-order valence-corrected chi connectivity index (χ2v) is 7.66. The Labute approximate surface area is 162 Å². The van der Waals surface area contributed by atoms with E-state index in [2.05, 4.69) is 34.7 Å². The van der Waals surface area contributed by atoms with Gasteiger partial charge >= 0.3 is 0 Å². The van der Waals surface area contributed by atoms with Crippen molar-refractivity contribution >= 4 is 18.1 Å². The summed E-state index contributed by atoms with van der Waals surface area (Å²) in [5, 5.41) is 14.5. The Balaban J connectivity index is 1.85. The Morgan fingerprint density at radius 2 is 2.26 bits per heavy atom. The highest BCUT2D eigenvalue weighted by molar-refractivity contribution is 5.97. The van der Waals surface area contributed by atoms with Crippen molar-refractivity contribution in [1.29, 1.82) is 0 Å². The lowest BCUT2D eigenvalue weighted by molar-refractivity contribution is 0.0685. The molecule has 2 fully saturated rings. The van der Waals surface area contributed by atoms with Crippen LogP contribution in [0, 0.1) is 0 Å². The fraction of sp³-hybridized carbons (Fsp3) is 0.619. The molecule has 0 bridgehead atoms. The largest absolute Gasteiger partial charge is 0.389 e. The van der Waals surface area contributed by atoms with Gasteiger partial charge in [0, 0.05) is 36.4 Å². The van der Waals surface area contributed by atoms with Gasteiger partial charge in [0.15, 0.2) is 5.69 Å². The molecule has 1 aromatic rings. The molecule has 2 atom stereocenters. The molecule has 3 rings (SSSR count). The van der Waals surface area contributed by atoms with Gasteiger partial charge in [0.1, 0.15) is 0 Å². The SMILES string of the molecule is C/C=C\c1[nH]nc(C(=O)N2CCNC3(CC)CC23)c1/C=C(\C)NCCCC. The Bertz CT molecular complexity index is 735. The number of nitrogens with one attached hydrogen (secondary N) is 3. The van der Waals surface area contributed by atoms with Gasteiger partial charge in [-0.1, -0.05) is 26.3 Å². The zero-order chi connectivity index (χ0) is 19.4. The number of aromatic nitrogens is 2. The maximum absolute atomic E-state index is 13.3. The van der Waals surface area contributed by atoms with Crippen LogP contribution in [0.1, 0.15) is 75.1 Å². The number of piperazine rings is 1. The number of allylic oxidation sites excluding steroid dienone is 2. The number of aromatic amines is 1. The fourth-order valence-electron chi connectivity index (χ4n) is 4.05. The Morgan fingerprint density at radius 1 is 1.44 bits per heavy atom. The van der Waals surface area contributed by atoms with Crippen LogP contribution >= 0.6 is 0 Å². The normalized spacial score (nSPS) is 25.0. The van der Waals surface area contributed by atoms with Gasteiger partial charge in [-0.05, 0) is 45.3 Å². The van der Waals surface area contributed by atoms with Crippen molar-refractivity contribution in [2.75, 3.05) is 19.6 Å². The van der Waals surface area contributed by atoms with E-state index in [1.54, 1.807) is 0 Å². The van der Waals surface area contributed by atoms with Gasteiger partial charge in [-0.25, -0.2) is 0 Å². The molecule has 3 N–H and O–H groups in total. The summed E-state index contributed by atoms with van der Waals surface area (Å²) in [6, 6.07) is 0.297. The Morgan fingerprint density at radius 3 is 2.96 bits per heavy atom. The van der Waals surface area contributed by atoms with E-state index in [1.807, 2.05) is 37.0 Å². The highest BCUT2D eigenvalue weighted by Gasteiger charge is 2.59. The van der Waals surface area contributed by atoms with Gasteiger partial charge in [-0.2, -0.15) is 5.10 Å². The van der Waals surface area contributed by atoms with Crippen LogP contribution in [-0.4, -0.2) is 52.2 Å². The number of unbranched alkanes of at least 4 members (excludes halogenated alkanes) is 1. The molecule has 1 aliphatic carbocycles. The molecule has 1 aromatic heterocycles. The lowest BCUT2D eigenvalue weighted by Crippen LogP contribution is -2.52. The van der Waals surface area contributed by atoms with Crippen molar-refractivity contribution in [3.05, 3.63) is 28.7 Å². The Kier molecular flexibility index (Phi) is 6.05. The minimum atomic E-state index is 0.0384. The van der Waals surface area contributed by atoms with Crippen molar-refractivity contribution in [2.24, 2.45) is 0 Å². The number of carbonyl (C=O) groups is 1. The van der Waals surface area contributed by atoms with E-state index in [1.165, 1.54) is 0 Å². The molecule has 2 heterocycles. The molecule has 2 unspecified atom stereocenters. The van der Waals surface area contributed by atoms with E-state index in [9.17, 15) is 4.79 Å². The minimum absolute atomic E-state index is 0.0384. The summed E-state index contributed by atoms with van der Waals surface area (Å²) in [6.45, 7) is 10.9. The zero-order valence-electron chi connectivity index (χ0n) is 17.1. The number of rotatable bonds is 8. The molecule has 27 heavy (non-hydrogen) atoms. The monoisotopic (exact) mass is 371 g/mol. The lowest BCUT2D eigenvalue weighted by Gasteiger charge is -2.32. The lowest BCUT2D eigenvalue weighted by atomic mass is 10.1.